The van der Waals surface area contributed by atoms with Crippen LogP contribution in [0.3, 0.4) is 0 Å². The summed E-state index contributed by atoms with van der Waals surface area (Å²) in [6.07, 6.45) is 6.19. The minimum atomic E-state index is -4.61. The van der Waals surface area contributed by atoms with Crippen molar-refractivity contribution in [1.82, 2.24) is 24.5 Å². The van der Waals surface area contributed by atoms with Crippen LogP contribution in [0.5, 0.6) is 0 Å². The lowest BCUT2D eigenvalue weighted by atomic mass is 10.2. The van der Waals surface area contributed by atoms with Gasteiger partial charge in [0, 0.05) is 25.6 Å². The zero-order chi connectivity index (χ0) is 22.0. The number of carbonyl (C=O) groups excluding carboxylic acids is 1. The number of phosphoric ester groups is 1. The molecule has 4 aromatic rings. The van der Waals surface area contributed by atoms with Gasteiger partial charge in [0.2, 0.25) is 0 Å². The second-order valence-corrected chi connectivity index (χ2v) is 7.65. The Kier molecular flexibility index (Phi) is 5.53. The van der Waals surface area contributed by atoms with E-state index < -0.39 is 20.5 Å². The quantitative estimate of drug-likeness (QED) is 0.364. The van der Waals surface area contributed by atoms with E-state index in [1.165, 1.54) is 23.1 Å². The molecule has 0 aliphatic carbocycles. The van der Waals surface area contributed by atoms with Gasteiger partial charge < -0.3 is 19.5 Å². The number of amides is 1. The number of anilines is 1. The molecule has 4 heterocycles. The monoisotopic (exact) mass is 444 g/mol. The molecule has 0 radical (unpaired) electrons. The Morgan fingerprint density at radius 2 is 2.10 bits per heavy atom. The maximum atomic E-state index is 12.7. The number of nitrogens with one attached hydrogen (secondary N) is 1. The third-order valence-electron chi connectivity index (χ3n) is 4.09. The highest BCUT2D eigenvalue weighted by atomic mass is 31.2. The van der Waals surface area contributed by atoms with Crippen molar-refractivity contribution in [3.8, 4) is 22.7 Å². The molecule has 0 bridgehead atoms. The van der Waals surface area contributed by atoms with Crippen LogP contribution in [0.25, 0.3) is 22.7 Å². The standard InChI is InChI=1S/C18H17N6O6P/c1-23-10-14(17(22-23)13-4-2-3-7-19-13)21-18(25)16-6-5-15(30-16)12-8-20-24(9-12)11-29-31(26,27)28/h2-10H,11H2,1H3,(H,21,25)(H2,26,27,28). The molecule has 12 nitrogen and oxygen atoms in total. The van der Waals surface area contributed by atoms with E-state index in [2.05, 4.69) is 25.0 Å². The molecule has 4 rings (SSSR count). The second kappa shape index (κ2) is 8.28. The minimum Gasteiger partial charge on any atom is -0.451 e. The average molecular weight is 444 g/mol. The van der Waals surface area contributed by atoms with Gasteiger partial charge in [-0.25, -0.2) is 9.25 Å². The largest absolute Gasteiger partial charge is 0.471 e. The fourth-order valence-electron chi connectivity index (χ4n) is 2.77. The molecule has 0 atom stereocenters. The zero-order valence-corrected chi connectivity index (χ0v) is 17.0. The average Bonchev–Trinajstić information content (AvgIpc) is 3.46. The molecule has 31 heavy (non-hydrogen) atoms. The molecule has 13 heteroatoms. The zero-order valence-electron chi connectivity index (χ0n) is 16.1. The molecule has 0 saturated heterocycles. The van der Waals surface area contributed by atoms with Crippen molar-refractivity contribution in [2.24, 2.45) is 7.05 Å². The van der Waals surface area contributed by atoms with E-state index in [0.29, 0.717) is 28.4 Å². The van der Waals surface area contributed by atoms with E-state index in [1.807, 2.05) is 6.07 Å². The highest BCUT2D eigenvalue weighted by Gasteiger charge is 2.19. The lowest BCUT2D eigenvalue weighted by molar-refractivity contribution is 0.0997. The van der Waals surface area contributed by atoms with Crippen LogP contribution in [0.1, 0.15) is 10.6 Å². The number of rotatable bonds is 7. The maximum Gasteiger partial charge on any atom is 0.471 e. The third kappa shape index (κ3) is 4.95. The lowest BCUT2D eigenvalue weighted by Gasteiger charge is -2.04. The Hall–Kier alpha value is -3.57. The first-order valence-corrected chi connectivity index (χ1v) is 10.4. The summed E-state index contributed by atoms with van der Waals surface area (Å²) in [5.74, 6) is -0.0672. The first-order chi connectivity index (χ1) is 14.8. The molecule has 4 aromatic heterocycles. The second-order valence-electron chi connectivity index (χ2n) is 6.42. The number of hydrogen-bond donors (Lipinski definition) is 3. The number of hydrogen-bond acceptors (Lipinski definition) is 7. The van der Waals surface area contributed by atoms with Crippen LogP contribution in [0.4, 0.5) is 5.69 Å². The molecule has 0 aliphatic heterocycles. The summed E-state index contributed by atoms with van der Waals surface area (Å²) in [5, 5.41) is 11.1. The van der Waals surface area contributed by atoms with Gasteiger partial charge in [0.05, 0.1) is 23.1 Å². The predicted molar refractivity (Wildman–Crippen MR) is 107 cm³/mol. The molecule has 0 aromatic carbocycles. The van der Waals surface area contributed by atoms with Crippen LogP contribution in [0.15, 0.2) is 59.5 Å². The number of furan rings is 1. The summed E-state index contributed by atoms with van der Waals surface area (Å²) in [6.45, 7) is -0.435. The summed E-state index contributed by atoms with van der Waals surface area (Å²) < 4.78 is 23.5. The van der Waals surface area contributed by atoms with E-state index in [4.69, 9.17) is 14.2 Å². The van der Waals surface area contributed by atoms with Crippen LogP contribution in [-0.2, 0) is 22.9 Å². The van der Waals surface area contributed by atoms with E-state index in [9.17, 15) is 9.36 Å². The van der Waals surface area contributed by atoms with E-state index >= 15 is 0 Å². The summed E-state index contributed by atoms with van der Waals surface area (Å²) in [6, 6.07) is 8.49. The molecular weight excluding hydrogens is 427 g/mol. The van der Waals surface area contributed by atoms with E-state index in [0.717, 1.165) is 0 Å². The Bertz CT molecular complexity index is 1260. The number of nitrogens with zero attached hydrogens (tertiary/aromatic N) is 5. The molecule has 0 spiro atoms. The van der Waals surface area contributed by atoms with Gasteiger partial charge in [-0.2, -0.15) is 10.2 Å². The smallest absolute Gasteiger partial charge is 0.451 e. The van der Waals surface area contributed by atoms with Crippen LogP contribution < -0.4 is 5.32 Å². The Morgan fingerprint density at radius 3 is 2.84 bits per heavy atom. The fourth-order valence-corrected chi connectivity index (χ4v) is 3.04. The van der Waals surface area contributed by atoms with Crippen molar-refractivity contribution in [3.05, 3.63) is 60.9 Å². The van der Waals surface area contributed by atoms with E-state index in [-0.39, 0.29) is 5.76 Å². The summed E-state index contributed by atoms with van der Waals surface area (Å²) in [7, 11) is -2.87. The van der Waals surface area contributed by atoms with Crippen LogP contribution in [0, 0.1) is 0 Å². The Labute approximate surface area is 175 Å². The SMILES string of the molecule is Cn1cc(NC(=O)c2ccc(-c3cnn(COP(=O)(O)O)c3)o2)c(-c2ccccn2)n1. The van der Waals surface area contributed by atoms with Gasteiger partial charge in [-0.1, -0.05) is 6.07 Å². The molecule has 160 valence electrons. The van der Waals surface area contributed by atoms with Gasteiger partial charge in [-0.05, 0) is 24.3 Å². The molecule has 0 saturated carbocycles. The molecule has 0 unspecified atom stereocenters. The number of aryl methyl sites for hydroxylation is 1. The summed E-state index contributed by atoms with van der Waals surface area (Å²) in [4.78, 5) is 34.5. The predicted octanol–water partition coefficient (Wildman–Crippen LogP) is 2.26. The van der Waals surface area contributed by atoms with E-state index in [1.54, 1.807) is 42.3 Å². The molecule has 0 aliphatic rings. The lowest BCUT2D eigenvalue weighted by Crippen LogP contribution is -2.11. The number of aromatic nitrogens is 5. The van der Waals surface area contributed by atoms with Crippen molar-refractivity contribution in [2.45, 2.75) is 6.73 Å². The van der Waals surface area contributed by atoms with Crippen molar-refractivity contribution < 1.29 is 28.1 Å². The summed E-state index contributed by atoms with van der Waals surface area (Å²) in [5.41, 5.74) is 2.12. The van der Waals surface area contributed by atoms with Gasteiger partial charge in [-0.15, -0.1) is 0 Å². The topological polar surface area (TPSA) is 158 Å². The Morgan fingerprint density at radius 1 is 1.26 bits per heavy atom. The van der Waals surface area contributed by atoms with Crippen LogP contribution in [-0.4, -0.2) is 40.2 Å². The first-order valence-electron chi connectivity index (χ1n) is 8.88. The third-order valence-corrected chi connectivity index (χ3v) is 4.54. The maximum absolute atomic E-state index is 12.7. The molecule has 1 amide bonds. The minimum absolute atomic E-state index is 0.0602. The normalized spacial score (nSPS) is 11.6. The van der Waals surface area contributed by atoms with Gasteiger partial charge in [0.1, 0.15) is 11.5 Å². The highest BCUT2D eigenvalue weighted by molar-refractivity contribution is 7.46. The van der Waals surface area contributed by atoms with Gasteiger partial charge in [-0.3, -0.25) is 19.0 Å². The number of phosphoric acid groups is 1. The molecule has 3 N–H and O–H groups in total. The number of pyridine rings is 1. The summed E-state index contributed by atoms with van der Waals surface area (Å²) >= 11 is 0. The van der Waals surface area contributed by atoms with Crippen LogP contribution in [0.2, 0.25) is 0 Å². The fraction of sp³-hybridized carbons (Fsp3) is 0.111. The molecular formula is C18H17N6O6P. The Balaban J connectivity index is 1.49. The highest BCUT2D eigenvalue weighted by Crippen LogP contribution is 2.36. The first kappa shape index (κ1) is 20.7. The van der Waals surface area contributed by atoms with Crippen molar-refractivity contribution in [1.29, 1.82) is 0 Å². The molecule has 0 fully saturated rings. The van der Waals surface area contributed by atoms with Gasteiger partial charge in [0.15, 0.2) is 12.5 Å². The van der Waals surface area contributed by atoms with Crippen molar-refractivity contribution >= 4 is 19.4 Å². The van der Waals surface area contributed by atoms with Crippen LogP contribution >= 0.6 is 7.82 Å². The van der Waals surface area contributed by atoms with Crippen molar-refractivity contribution in [3.63, 3.8) is 0 Å². The van der Waals surface area contributed by atoms with Gasteiger partial charge in [0.25, 0.3) is 5.91 Å². The number of carbonyl (C=O) groups is 1. The van der Waals surface area contributed by atoms with Gasteiger partial charge >= 0.3 is 7.82 Å². The van der Waals surface area contributed by atoms with Crippen molar-refractivity contribution in [2.75, 3.05) is 5.32 Å².